The molecule has 0 aliphatic heterocycles. The fourth-order valence-corrected chi connectivity index (χ4v) is 2.89. The van der Waals surface area contributed by atoms with Crippen LogP contribution in [0, 0.1) is 5.82 Å². The average molecular weight is 397 g/mol. The van der Waals surface area contributed by atoms with Gasteiger partial charge in [0.05, 0.1) is 6.42 Å². The van der Waals surface area contributed by atoms with Gasteiger partial charge in [0, 0.05) is 29.2 Å². The van der Waals surface area contributed by atoms with Crippen molar-refractivity contribution in [1.29, 1.82) is 0 Å². The van der Waals surface area contributed by atoms with E-state index in [1.807, 2.05) is 0 Å². The molecular weight excluding hydrogens is 378 g/mol. The van der Waals surface area contributed by atoms with Crippen molar-refractivity contribution in [3.8, 4) is 0 Å². The number of nitrogens with one attached hydrogen (secondary N) is 1. The molecule has 0 aromatic heterocycles. The smallest absolute Gasteiger partial charge is 0.242 e. The lowest BCUT2D eigenvalue weighted by atomic mass is 10.1. The van der Waals surface area contributed by atoms with E-state index in [2.05, 4.69) is 5.32 Å². The number of halogens is 3. The first-order valence-corrected chi connectivity index (χ1v) is 8.77. The molecule has 0 aliphatic rings. The van der Waals surface area contributed by atoms with Crippen molar-refractivity contribution in [3.63, 3.8) is 0 Å². The Morgan fingerprint density at radius 2 is 1.81 bits per heavy atom. The Labute approximate surface area is 161 Å². The van der Waals surface area contributed by atoms with Crippen LogP contribution < -0.4 is 5.32 Å². The Morgan fingerprint density at radius 3 is 2.38 bits per heavy atom. The summed E-state index contributed by atoms with van der Waals surface area (Å²) in [5.74, 6) is -1.26. The highest BCUT2D eigenvalue weighted by atomic mass is 35.5. The fraction of sp³-hybridized carbons (Fsp3) is 0.263. The highest BCUT2D eigenvalue weighted by Crippen LogP contribution is 2.21. The van der Waals surface area contributed by atoms with Gasteiger partial charge in [-0.25, -0.2) is 4.39 Å². The van der Waals surface area contributed by atoms with E-state index in [9.17, 15) is 14.0 Å². The molecule has 4 nitrogen and oxygen atoms in total. The van der Waals surface area contributed by atoms with Crippen molar-refractivity contribution in [1.82, 2.24) is 10.2 Å². The summed E-state index contributed by atoms with van der Waals surface area (Å²) in [5, 5.41) is 3.28. The number of likely N-dealkylation sites (N-methyl/N-ethyl adjacent to an activating group) is 1. The number of rotatable bonds is 6. The maximum absolute atomic E-state index is 14.0. The standard InChI is InChI=1S/C19H19Cl2FN2O2/c1-12(19(26)23-2)24(11-13-6-8-14(20)9-7-13)18(25)10-15-16(21)4-3-5-17(15)22/h3-9,12H,10-11H2,1-2H3,(H,23,26). The van der Waals surface area contributed by atoms with Crippen LogP contribution in [0.3, 0.4) is 0 Å². The second-order valence-corrected chi connectivity index (χ2v) is 6.66. The maximum Gasteiger partial charge on any atom is 0.242 e. The van der Waals surface area contributed by atoms with E-state index in [-0.39, 0.29) is 29.5 Å². The van der Waals surface area contributed by atoms with Crippen molar-refractivity contribution in [3.05, 3.63) is 69.5 Å². The fourth-order valence-electron chi connectivity index (χ4n) is 2.53. The summed E-state index contributed by atoms with van der Waals surface area (Å²) < 4.78 is 14.0. The Bertz CT molecular complexity index is 776. The summed E-state index contributed by atoms with van der Waals surface area (Å²) in [4.78, 5) is 26.3. The van der Waals surface area contributed by atoms with Gasteiger partial charge >= 0.3 is 0 Å². The van der Waals surface area contributed by atoms with Gasteiger partial charge in [0.1, 0.15) is 11.9 Å². The second kappa shape index (κ2) is 9.01. The lowest BCUT2D eigenvalue weighted by molar-refractivity contribution is -0.139. The monoisotopic (exact) mass is 396 g/mol. The van der Waals surface area contributed by atoms with Crippen LogP contribution in [-0.4, -0.2) is 29.8 Å². The van der Waals surface area contributed by atoms with Crippen molar-refractivity contribution in [2.24, 2.45) is 0 Å². The molecule has 26 heavy (non-hydrogen) atoms. The molecule has 0 fully saturated rings. The molecule has 1 unspecified atom stereocenters. The number of benzene rings is 2. The van der Waals surface area contributed by atoms with Crippen molar-refractivity contribution in [2.75, 3.05) is 7.05 Å². The first-order chi connectivity index (χ1) is 12.3. The van der Waals surface area contributed by atoms with E-state index < -0.39 is 17.8 Å². The van der Waals surface area contributed by atoms with Gasteiger partial charge in [-0.1, -0.05) is 41.4 Å². The summed E-state index contributed by atoms with van der Waals surface area (Å²) in [7, 11) is 1.50. The van der Waals surface area contributed by atoms with Crippen LogP contribution in [0.5, 0.6) is 0 Å². The van der Waals surface area contributed by atoms with Gasteiger partial charge < -0.3 is 10.2 Å². The lowest BCUT2D eigenvalue weighted by Crippen LogP contribution is -2.47. The third-order valence-corrected chi connectivity index (χ3v) is 4.68. The average Bonchev–Trinajstić information content (AvgIpc) is 2.63. The summed E-state index contributed by atoms with van der Waals surface area (Å²) in [6.07, 6.45) is -0.236. The van der Waals surface area contributed by atoms with Crippen LogP contribution in [-0.2, 0) is 22.6 Å². The molecule has 7 heteroatoms. The van der Waals surface area contributed by atoms with E-state index in [0.717, 1.165) is 5.56 Å². The minimum atomic E-state index is -0.728. The van der Waals surface area contributed by atoms with E-state index in [0.29, 0.717) is 5.02 Å². The first kappa shape index (κ1) is 20.2. The number of hydrogen-bond donors (Lipinski definition) is 1. The van der Waals surface area contributed by atoms with Crippen LogP contribution in [0.4, 0.5) is 4.39 Å². The van der Waals surface area contributed by atoms with E-state index >= 15 is 0 Å². The normalized spacial score (nSPS) is 11.7. The maximum atomic E-state index is 14.0. The van der Waals surface area contributed by atoms with E-state index in [1.54, 1.807) is 31.2 Å². The molecule has 2 aromatic rings. The molecule has 0 saturated heterocycles. The van der Waals surface area contributed by atoms with Crippen molar-refractivity contribution in [2.45, 2.75) is 25.9 Å². The highest BCUT2D eigenvalue weighted by Gasteiger charge is 2.26. The van der Waals surface area contributed by atoms with Gasteiger partial charge in [-0.3, -0.25) is 9.59 Å². The zero-order valence-corrected chi connectivity index (χ0v) is 15.9. The first-order valence-electron chi connectivity index (χ1n) is 8.02. The third-order valence-electron chi connectivity index (χ3n) is 4.07. The minimum absolute atomic E-state index is 0.115. The number of carbonyl (C=O) groups is 2. The molecular formula is C19H19Cl2FN2O2. The molecule has 2 aromatic carbocycles. The van der Waals surface area contributed by atoms with Gasteiger partial charge in [-0.2, -0.15) is 0 Å². The van der Waals surface area contributed by atoms with Crippen LogP contribution in [0.25, 0.3) is 0 Å². The van der Waals surface area contributed by atoms with Gasteiger partial charge in [0.15, 0.2) is 0 Å². The van der Waals surface area contributed by atoms with Gasteiger partial charge in [0.2, 0.25) is 11.8 Å². The summed E-state index contributed by atoms with van der Waals surface area (Å²) >= 11 is 11.9. The predicted molar refractivity (Wildman–Crippen MR) is 101 cm³/mol. The molecule has 0 spiro atoms. The molecule has 0 radical (unpaired) electrons. The lowest BCUT2D eigenvalue weighted by Gasteiger charge is -2.28. The Kier molecular flexibility index (Phi) is 7.00. The predicted octanol–water partition coefficient (Wildman–Crippen LogP) is 3.84. The van der Waals surface area contributed by atoms with Crippen LogP contribution >= 0.6 is 23.2 Å². The Morgan fingerprint density at radius 1 is 1.15 bits per heavy atom. The van der Waals surface area contributed by atoms with Crippen LogP contribution in [0.2, 0.25) is 10.0 Å². The largest absolute Gasteiger partial charge is 0.357 e. The van der Waals surface area contributed by atoms with E-state index in [1.165, 1.54) is 30.1 Å². The van der Waals surface area contributed by atoms with Crippen LogP contribution in [0.1, 0.15) is 18.1 Å². The molecule has 2 rings (SSSR count). The summed E-state index contributed by atoms with van der Waals surface area (Å²) in [6.45, 7) is 1.81. The number of hydrogen-bond acceptors (Lipinski definition) is 2. The van der Waals surface area contributed by atoms with Gasteiger partial charge in [0.25, 0.3) is 0 Å². The molecule has 138 valence electrons. The molecule has 0 bridgehead atoms. The quantitative estimate of drug-likeness (QED) is 0.806. The molecule has 0 heterocycles. The molecule has 1 atom stereocenters. The zero-order chi connectivity index (χ0) is 19.3. The van der Waals surface area contributed by atoms with Crippen LogP contribution in [0.15, 0.2) is 42.5 Å². The molecule has 0 saturated carbocycles. The highest BCUT2D eigenvalue weighted by molar-refractivity contribution is 6.31. The Hall–Kier alpha value is -2.11. The van der Waals surface area contributed by atoms with E-state index in [4.69, 9.17) is 23.2 Å². The number of amides is 2. The summed E-state index contributed by atoms with van der Waals surface area (Å²) in [6, 6.07) is 10.5. The SMILES string of the molecule is CNC(=O)C(C)N(Cc1ccc(Cl)cc1)C(=O)Cc1c(F)cccc1Cl. The molecule has 1 N–H and O–H groups in total. The Balaban J connectivity index is 2.28. The topological polar surface area (TPSA) is 49.4 Å². The van der Waals surface area contributed by atoms with Crippen molar-refractivity contribution >= 4 is 35.0 Å². The van der Waals surface area contributed by atoms with Crippen molar-refractivity contribution < 1.29 is 14.0 Å². The number of carbonyl (C=O) groups excluding carboxylic acids is 2. The second-order valence-electron chi connectivity index (χ2n) is 5.82. The third kappa shape index (κ3) is 4.96. The minimum Gasteiger partial charge on any atom is -0.357 e. The number of nitrogens with zero attached hydrogens (tertiary/aromatic N) is 1. The molecule has 0 aliphatic carbocycles. The van der Waals surface area contributed by atoms with Gasteiger partial charge in [-0.05, 0) is 36.8 Å². The molecule has 2 amide bonds. The zero-order valence-electron chi connectivity index (χ0n) is 14.4. The van der Waals surface area contributed by atoms with Gasteiger partial charge in [-0.15, -0.1) is 0 Å². The summed E-state index contributed by atoms with van der Waals surface area (Å²) in [5.41, 5.74) is 0.919.